The number of rotatable bonds is 3. The third-order valence-corrected chi connectivity index (χ3v) is 5.36. The summed E-state index contributed by atoms with van der Waals surface area (Å²) >= 11 is 0. The van der Waals surface area contributed by atoms with Crippen LogP contribution in [0.1, 0.15) is 22.6 Å². The van der Waals surface area contributed by atoms with Crippen molar-refractivity contribution in [2.75, 3.05) is 34.9 Å². The van der Waals surface area contributed by atoms with Gasteiger partial charge < -0.3 is 24.2 Å². The van der Waals surface area contributed by atoms with Crippen molar-refractivity contribution in [2.24, 2.45) is 0 Å². The molecular weight excluding hydrogens is 318 g/mol. The van der Waals surface area contributed by atoms with Crippen molar-refractivity contribution in [3.8, 4) is 34.1 Å². The highest BCUT2D eigenvalue weighted by Gasteiger charge is 2.35. The molecule has 25 heavy (non-hydrogen) atoms. The first-order valence-electron chi connectivity index (χ1n) is 8.43. The molecule has 1 aliphatic heterocycles. The average molecular weight is 341 g/mol. The molecule has 0 amide bonds. The summed E-state index contributed by atoms with van der Waals surface area (Å²) in [6, 6.07) is 6.07. The Kier molecular flexibility index (Phi) is 3.76. The van der Waals surface area contributed by atoms with Crippen LogP contribution in [-0.4, -0.2) is 44.9 Å². The molecule has 0 saturated carbocycles. The van der Waals surface area contributed by atoms with E-state index in [9.17, 15) is 5.11 Å². The van der Waals surface area contributed by atoms with E-state index in [1.54, 1.807) is 21.3 Å². The minimum absolute atomic E-state index is 0.265. The van der Waals surface area contributed by atoms with E-state index in [4.69, 9.17) is 14.2 Å². The van der Waals surface area contributed by atoms with Crippen LogP contribution in [0.25, 0.3) is 11.1 Å². The van der Waals surface area contributed by atoms with Crippen LogP contribution >= 0.6 is 0 Å². The molecule has 2 aromatic carbocycles. The molecule has 0 radical (unpaired) electrons. The first kappa shape index (κ1) is 16.1. The van der Waals surface area contributed by atoms with Crippen molar-refractivity contribution in [1.29, 1.82) is 0 Å². The topological polar surface area (TPSA) is 51.2 Å². The molecule has 0 fully saturated rings. The first-order valence-corrected chi connectivity index (χ1v) is 8.43. The van der Waals surface area contributed by atoms with Gasteiger partial charge in [0, 0.05) is 24.6 Å². The van der Waals surface area contributed by atoms with E-state index in [0.29, 0.717) is 17.4 Å². The van der Waals surface area contributed by atoms with Gasteiger partial charge in [0.05, 0.1) is 21.3 Å². The Hall–Kier alpha value is -2.40. The third-order valence-electron chi connectivity index (χ3n) is 5.36. The number of hydrogen-bond acceptors (Lipinski definition) is 5. The molecule has 4 rings (SSSR count). The number of phenolic OH excluding ortho intramolecular Hbond substituents is 1. The van der Waals surface area contributed by atoms with Gasteiger partial charge in [-0.3, -0.25) is 0 Å². The van der Waals surface area contributed by atoms with E-state index in [1.165, 1.54) is 11.1 Å². The minimum Gasteiger partial charge on any atom is -0.504 e. The summed E-state index contributed by atoms with van der Waals surface area (Å²) < 4.78 is 16.4. The SMILES string of the molecule is COc1cc2c(cc1OC)-c1cc(OC)c(O)c3c1C(C2)CN(C)C3. The molecule has 0 aromatic heterocycles. The molecule has 0 spiro atoms. The summed E-state index contributed by atoms with van der Waals surface area (Å²) in [6.07, 6.45) is 0.922. The number of aromatic hydroxyl groups is 1. The first-order chi connectivity index (χ1) is 12.1. The number of likely N-dealkylation sites (N-methyl/N-ethyl adjacent to an activating group) is 1. The summed E-state index contributed by atoms with van der Waals surface area (Å²) in [6.45, 7) is 1.70. The number of ether oxygens (including phenoxy) is 3. The molecule has 2 aliphatic rings. The predicted molar refractivity (Wildman–Crippen MR) is 96.0 cm³/mol. The summed E-state index contributed by atoms with van der Waals surface area (Å²) in [5.41, 5.74) is 5.73. The van der Waals surface area contributed by atoms with Crippen molar-refractivity contribution in [3.05, 3.63) is 34.9 Å². The minimum atomic E-state index is 0.265. The zero-order valence-electron chi connectivity index (χ0n) is 15.0. The van der Waals surface area contributed by atoms with E-state index in [1.807, 2.05) is 12.1 Å². The van der Waals surface area contributed by atoms with Crippen LogP contribution in [-0.2, 0) is 13.0 Å². The monoisotopic (exact) mass is 341 g/mol. The maximum atomic E-state index is 10.6. The Morgan fingerprint density at radius 3 is 2.28 bits per heavy atom. The summed E-state index contributed by atoms with van der Waals surface area (Å²) in [5, 5.41) is 10.6. The average Bonchev–Trinajstić information content (AvgIpc) is 2.62. The number of benzene rings is 2. The van der Waals surface area contributed by atoms with E-state index in [-0.39, 0.29) is 5.75 Å². The number of nitrogens with zero attached hydrogens (tertiary/aromatic N) is 1. The standard InChI is InChI=1S/C20H23NO4/c1-21-9-12-5-11-6-16(23-2)17(24-3)7-13(11)14-8-18(25-4)20(22)15(10-21)19(12)14/h6-8,12,22H,5,9-10H2,1-4H3. The lowest BCUT2D eigenvalue weighted by atomic mass is 9.74. The second-order valence-electron chi connectivity index (χ2n) is 6.83. The van der Waals surface area contributed by atoms with Gasteiger partial charge in [-0.2, -0.15) is 0 Å². The molecule has 1 heterocycles. The highest BCUT2D eigenvalue weighted by Crippen LogP contribution is 2.51. The Balaban J connectivity index is 2.01. The smallest absolute Gasteiger partial charge is 0.162 e. The number of methoxy groups -OCH3 is 3. The molecule has 5 nitrogen and oxygen atoms in total. The van der Waals surface area contributed by atoms with Crippen LogP contribution in [0.4, 0.5) is 0 Å². The number of hydrogen-bond donors (Lipinski definition) is 1. The Bertz CT molecular complexity index is 846. The van der Waals surface area contributed by atoms with Gasteiger partial charge in [0.25, 0.3) is 0 Å². The number of fused-ring (bicyclic) bond motifs is 2. The normalized spacial score (nSPS) is 18.3. The molecule has 1 atom stereocenters. The van der Waals surface area contributed by atoms with Gasteiger partial charge in [0.15, 0.2) is 23.0 Å². The van der Waals surface area contributed by atoms with E-state index in [0.717, 1.165) is 42.0 Å². The van der Waals surface area contributed by atoms with E-state index >= 15 is 0 Å². The van der Waals surface area contributed by atoms with Gasteiger partial charge in [-0.15, -0.1) is 0 Å². The summed E-state index contributed by atoms with van der Waals surface area (Å²) in [7, 11) is 6.99. The molecule has 1 unspecified atom stereocenters. The van der Waals surface area contributed by atoms with Gasteiger partial charge in [0.2, 0.25) is 0 Å². The van der Waals surface area contributed by atoms with Gasteiger partial charge >= 0.3 is 0 Å². The summed E-state index contributed by atoms with van der Waals surface area (Å²) in [4.78, 5) is 2.25. The van der Waals surface area contributed by atoms with Crippen LogP contribution in [0.2, 0.25) is 0 Å². The molecule has 0 saturated heterocycles. The Morgan fingerprint density at radius 2 is 1.60 bits per heavy atom. The fraction of sp³-hybridized carbons (Fsp3) is 0.400. The third kappa shape index (κ3) is 2.34. The fourth-order valence-corrected chi connectivity index (χ4v) is 4.30. The highest BCUT2D eigenvalue weighted by molar-refractivity contribution is 5.81. The molecular formula is C20H23NO4. The number of phenols is 1. The molecule has 132 valence electrons. The maximum Gasteiger partial charge on any atom is 0.162 e. The Morgan fingerprint density at radius 1 is 0.960 bits per heavy atom. The van der Waals surface area contributed by atoms with Crippen LogP contribution < -0.4 is 14.2 Å². The van der Waals surface area contributed by atoms with Crippen molar-refractivity contribution < 1.29 is 19.3 Å². The lowest BCUT2D eigenvalue weighted by molar-refractivity contribution is 0.269. The van der Waals surface area contributed by atoms with Crippen molar-refractivity contribution in [2.45, 2.75) is 18.9 Å². The largest absolute Gasteiger partial charge is 0.504 e. The maximum absolute atomic E-state index is 10.6. The predicted octanol–water partition coefficient (Wildman–Crippen LogP) is 3.17. The van der Waals surface area contributed by atoms with Gasteiger partial charge in [0.1, 0.15) is 0 Å². The highest BCUT2D eigenvalue weighted by atomic mass is 16.5. The zero-order chi connectivity index (χ0) is 17.7. The molecule has 1 N–H and O–H groups in total. The van der Waals surface area contributed by atoms with Crippen molar-refractivity contribution in [3.63, 3.8) is 0 Å². The zero-order valence-corrected chi connectivity index (χ0v) is 15.0. The fourth-order valence-electron chi connectivity index (χ4n) is 4.30. The molecule has 2 aromatic rings. The van der Waals surface area contributed by atoms with Gasteiger partial charge in [-0.05, 0) is 53.9 Å². The van der Waals surface area contributed by atoms with Crippen molar-refractivity contribution >= 4 is 0 Å². The van der Waals surface area contributed by atoms with E-state index < -0.39 is 0 Å². The quantitative estimate of drug-likeness (QED) is 0.929. The Labute approximate surface area is 147 Å². The molecule has 5 heteroatoms. The molecule has 0 bridgehead atoms. The lowest BCUT2D eigenvalue weighted by Gasteiger charge is -2.38. The summed E-state index contributed by atoms with van der Waals surface area (Å²) in [5.74, 6) is 2.60. The second kappa shape index (κ2) is 5.85. The van der Waals surface area contributed by atoms with Gasteiger partial charge in [-0.1, -0.05) is 0 Å². The second-order valence-corrected chi connectivity index (χ2v) is 6.83. The molecule has 1 aliphatic carbocycles. The van der Waals surface area contributed by atoms with Crippen LogP contribution in [0.3, 0.4) is 0 Å². The van der Waals surface area contributed by atoms with Crippen molar-refractivity contribution in [1.82, 2.24) is 4.90 Å². The van der Waals surface area contributed by atoms with Crippen LogP contribution in [0.15, 0.2) is 18.2 Å². The van der Waals surface area contributed by atoms with E-state index in [2.05, 4.69) is 18.0 Å². The van der Waals surface area contributed by atoms with Crippen LogP contribution in [0, 0.1) is 0 Å². The lowest BCUT2D eigenvalue weighted by Crippen LogP contribution is -2.33. The van der Waals surface area contributed by atoms with Gasteiger partial charge in [-0.25, -0.2) is 0 Å². The van der Waals surface area contributed by atoms with Crippen LogP contribution in [0.5, 0.6) is 23.0 Å².